The molecule has 0 atom stereocenters. The molecule has 0 radical (unpaired) electrons. The minimum atomic E-state index is -0.281. The number of hydrogen-bond acceptors (Lipinski definition) is 4. The van der Waals surface area contributed by atoms with E-state index in [4.69, 9.17) is 25.8 Å². The molecule has 6 heteroatoms. The summed E-state index contributed by atoms with van der Waals surface area (Å²) in [5.74, 6) is 0.598. The van der Waals surface area contributed by atoms with Crippen molar-refractivity contribution in [2.24, 2.45) is 0 Å². The molecule has 0 aliphatic carbocycles. The summed E-state index contributed by atoms with van der Waals surface area (Å²) in [4.78, 5) is 12.5. The van der Waals surface area contributed by atoms with Crippen LogP contribution in [0.3, 0.4) is 0 Å². The Hall–Kier alpha value is -2.24. The van der Waals surface area contributed by atoms with Gasteiger partial charge in [-0.25, -0.2) is 0 Å². The molecule has 0 aromatic heterocycles. The molecule has 2 aromatic carbocycles. The third-order valence-corrected chi connectivity index (χ3v) is 3.72. The molecule has 25 heavy (non-hydrogen) atoms. The number of carbonyl (C=O) groups excluding carboxylic acids is 1. The predicted molar refractivity (Wildman–Crippen MR) is 98.9 cm³/mol. The van der Waals surface area contributed by atoms with Gasteiger partial charge >= 0.3 is 0 Å². The lowest BCUT2D eigenvalue weighted by atomic mass is 10.1. The highest BCUT2D eigenvalue weighted by Gasteiger charge is 2.16. The molecule has 134 valence electrons. The maximum Gasteiger partial charge on any atom is 0.255 e. The number of carbonyl (C=O) groups is 1. The SMILES string of the molecule is CCCOc1c(Cl)cc(C(=O)Nc2cccc(COC)c2)cc1OC. The molecule has 0 heterocycles. The van der Waals surface area contributed by atoms with E-state index in [0.29, 0.717) is 41.0 Å². The first-order valence-corrected chi connectivity index (χ1v) is 8.36. The largest absolute Gasteiger partial charge is 0.493 e. The van der Waals surface area contributed by atoms with Crippen LogP contribution in [0.2, 0.25) is 5.02 Å². The Morgan fingerprint density at radius 2 is 2.00 bits per heavy atom. The topological polar surface area (TPSA) is 56.8 Å². The number of anilines is 1. The number of nitrogens with one attached hydrogen (secondary N) is 1. The Bertz CT molecular complexity index is 733. The van der Waals surface area contributed by atoms with Crippen molar-refractivity contribution in [3.8, 4) is 11.5 Å². The van der Waals surface area contributed by atoms with E-state index >= 15 is 0 Å². The summed E-state index contributed by atoms with van der Waals surface area (Å²) >= 11 is 6.26. The molecule has 0 saturated carbocycles. The lowest BCUT2D eigenvalue weighted by molar-refractivity contribution is 0.102. The molecule has 5 nitrogen and oxygen atoms in total. The third kappa shape index (κ3) is 5.11. The molecule has 2 rings (SSSR count). The van der Waals surface area contributed by atoms with Crippen molar-refractivity contribution in [2.45, 2.75) is 20.0 Å². The Kier molecular flexibility index (Phi) is 7.10. The molecular weight excluding hydrogens is 342 g/mol. The van der Waals surface area contributed by atoms with E-state index in [9.17, 15) is 4.79 Å². The minimum Gasteiger partial charge on any atom is -0.493 e. The first kappa shape index (κ1) is 19.1. The van der Waals surface area contributed by atoms with Crippen LogP contribution in [0.25, 0.3) is 0 Å². The first-order chi connectivity index (χ1) is 12.1. The normalized spacial score (nSPS) is 10.4. The molecule has 0 bridgehead atoms. The van der Waals surface area contributed by atoms with Gasteiger partial charge in [0.05, 0.1) is 25.3 Å². The summed E-state index contributed by atoms with van der Waals surface area (Å²) in [5, 5.41) is 3.19. The van der Waals surface area contributed by atoms with Gasteiger partial charge in [-0.05, 0) is 36.2 Å². The predicted octanol–water partition coefficient (Wildman–Crippen LogP) is 4.54. The van der Waals surface area contributed by atoms with Gasteiger partial charge in [-0.2, -0.15) is 0 Å². The molecule has 1 N–H and O–H groups in total. The molecule has 0 unspecified atom stereocenters. The summed E-state index contributed by atoms with van der Waals surface area (Å²) in [6.45, 7) is 3.00. The van der Waals surface area contributed by atoms with Crippen molar-refractivity contribution in [3.63, 3.8) is 0 Å². The summed E-state index contributed by atoms with van der Waals surface area (Å²) < 4.78 is 16.0. The van der Waals surface area contributed by atoms with Crippen LogP contribution in [0, 0.1) is 0 Å². The maximum atomic E-state index is 12.5. The number of ether oxygens (including phenoxy) is 3. The molecule has 0 saturated heterocycles. The van der Waals surface area contributed by atoms with Crippen molar-refractivity contribution in [1.29, 1.82) is 0 Å². The number of amides is 1. The van der Waals surface area contributed by atoms with Crippen LogP contribution in [0.1, 0.15) is 29.3 Å². The second-order valence-corrected chi connectivity index (χ2v) is 5.83. The zero-order valence-electron chi connectivity index (χ0n) is 14.6. The Morgan fingerprint density at radius 3 is 2.68 bits per heavy atom. The highest BCUT2D eigenvalue weighted by molar-refractivity contribution is 6.32. The van der Waals surface area contributed by atoms with E-state index in [-0.39, 0.29) is 5.91 Å². The number of rotatable bonds is 8. The summed E-state index contributed by atoms with van der Waals surface area (Å²) in [6, 6.07) is 10.7. The second kappa shape index (κ2) is 9.30. The average Bonchev–Trinajstić information content (AvgIpc) is 2.60. The molecule has 2 aromatic rings. The van der Waals surface area contributed by atoms with E-state index < -0.39 is 0 Å². The lowest BCUT2D eigenvalue weighted by Gasteiger charge is -2.14. The van der Waals surface area contributed by atoms with Gasteiger partial charge in [-0.1, -0.05) is 30.7 Å². The lowest BCUT2D eigenvalue weighted by Crippen LogP contribution is -2.12. The van der Waals surface area contributed by atoms with Crippen LogP contribution >= 0.6 is 11.6 Å². The monoisotopic (exact) mass is 363 g/mol. The fourth-order valence-corrected chi connectivity index (χ4v) is 2.57. The molecule has 0 aliphatic rings. The fourth-order valence-electron chi connectivity index (χ4n) is 2.30. The van der Waals surface area contributed by atoms with Gasteiger partial charge in [0.15, 0.2) is 11.5 Å². The second-order valence-electron chi connectivity index (χ2n) is 5.43. The molecule has 1 amide bonds. The van der Waals surface area contributed by atoms with Crippen molar-refractivity contribution in [1.82, 2.24) is 0 Å². The highest BCUT2D eigenvalue weighted by atomic mass is 35.5. The molecular formula is C19H22ClNO4. The standard InChI is InChI=1S/C19H22ClNO4/c1-4-8-25-18-16(20)10-14(11-17(18)24-3)19(22)21-15-7-5-6-13(9-15)12-23-2/h5-7,9-11H,4,8,12H2,1-3H3,(H,21,22). The minimum absolute atomic E-state index is 0.281. The molecule has 0 fully saturated rings. The highest BCUT2D eigenvalue weighted by Crippen LogP contribution is 2.36. The number of methoxy groups -OCH3 is 2. The van der Waals surface area contributed by atoms with E-state index in [0.717, 1.165) is 12.0 Å². The Morgan fingerprint density at radius 1 is 1.20 bits per heavy atom. The van der Waals surface area contributed by atoms with Crippen LogP contribution < -0.4 is 14.8 Å². The zero-order chi connectivity index (χ0) is 18.2. The van der Waals surface area contributed by atoms with E-state index in [1.165, 1.54) is 7.11 Å². The summed E-state index contributed by atoms with van der Waals surface area (Å²) in [5.41, 5.74) is 2.04. The van der Waals surface area contributed by atoms with Gasteiger partial charge in [0.2, 0.25) is 0 Å². The van der Waals surface area contributed by atoms with Gasteiger partial charge in [0.1, 0.15) is 0 Å². The van der Waals surface area contributed by atoms with E-state index in [1.54, 1.807) is 19.2 Å². The molecule has 0 aliphatic heterocycles. The fraction of sp³-hybridized carbons (Fsp3) is 0.316. The van der Waals surface area contributed by atoms with Crippen LogP contribution in [0.5, 0.6) is 11.5 Å². The third-order valence-electron chi connectivity index (χ3n) is 3.44. The van der Waals surface area contributed by atoms with E-state index in [2.05, 4.69) is 5.32 Å². The van der Waals surface area contributed by atoms with Gasteiger partial charge in [-0.3, -0.25) is 4.79 Å². The van der Waals surface area contributed by atoms with Gasteiger partial charge in [0.25, 0.3) is 5.91 Å². The number of benzene rings is 2. The summed E-state index contributed by atoms with van der Waals surface area (Å²) in [6.07, 6.45) is 0.847. The van der Waals surface area contributed by atoms with Gasteiger partial charge < -0.3 is 19.5 Å². The van der Waals surface area contributed by atoms with Gasteiger partial charge in [0, 0.05) is 18.4 Å². The number of hydrogen-bond donors (Lipinski definition) is 1. The maximum absolute atomic E-state index is 12.5. The van der Waals surface area contributed by atoms with Crippen molar-refractivity contribution in [3.05, 3.63) is 52.5 Å². The first-order valence-electron chi connectivity index (χ1n) is 7.98. The van der Waals surface area contributed by atoms with Crippen LogP contribution in [-0.2, 0) is 11.3 Å². The average molecular weight is 364 g/mol. The smallest absolute Gasteiger partial charge is 0.255 e. The Labute approximate surface area is 152 Å². The Balaban J connectivity index is 2.21. The van der Waals surface area contributed by atoms with Crippen LogP contribution in [0.4, 0.5) is 5.69 Å². The van der Waals surface area contributed by atoms with Gasteiger partial charge in [-0.15, -0.1) is 0 Å². The summed E-state index contributed by atoms with van der Waals surface area (Å²) in [7, 11) is 3.14. The van der Waals surface area contributed by atoms with E-state index in [1.807, 2.05) is 31.2 Å². The quantitative estimate of drug-likeness (QED) is 0.748. The van der Waals surface area contributed by atoms with Crippen molar-refractivity contribution < 1.29 is 19.0 Å². The van der Waals surface area contributed by atoms with Crippen LogP contribution in [-0.4, -0.2) is 26.7 Å². The van der Waals surface area contributed by atoms with Crippen LogP contribution in [0.15, 0.2) is 36.4 Å². The van der Waals surface area contributed by atoms with Crippen molar-refractivity contribution in [2.75, 3.05) is 26.1 Å². The van der Waals surface area contributed by atoms with Crippen molar-refractivity contribution >= 4 is 23.2 Å². The number of halogens is 1. The zero-order valence-corrected chi connectivity index (χ0v) is 15.4. The molecule has 0 spiro atoms.